The standard InChI is InChI=1S/C14H20N2O3S/c1-14(18,12-3-2-6-20-12)8-15-13(17)16-10-7-9-4-5-11(10)19-9/h2-3,6,9-11,18H,4-5,7-8H2,1H3,(H2,15,16,17). The Bertz CT molecular complexity index is 475. The first kappa shape index (κ1) is 13.9. The van der Waals surface area contributed by atoms with Crippen LogP contribution in [-0.4, -0.2) is 35.9 Å². The molecule has 4 atom stereocenters. The number of fused-ring (bicyclic) bond motifs is 2. The summed E-state index contributed by atoms with van der Waals surface area (Å²) >= 11 is 1.48. The molecule has 0 radical (unpaired) electrons. The molecule has 2 bridgehead atoms. The SMILES string of the molecule is CC(O)(CNC(=O)NC1CC2CCC1O2)c1cccs1. The molecule has 110 valence electrons. The van der Waals surface area contributed by atoms with Crippen LogP contribution in [0.1, 0.15) is 31.1 Å². The first-order valence-electron chi connectivity index (χ1n) is 7.01. The Hall–Kier alpha value is -1.11. The molecule has 5 nitrogen and oxygen atoms in total. The molecule has 2 saturated heterocycles. The summed E-state index contributed by atoms with van der Waals surface area (Å²) in [6.45, 7) is 1.90. The highest BCUT2D eigenvalue weighted by Gasteiger charge is 2.41. The predicted molar refractivity (Wildman–Crippen MR) is 76.7 cm³/mol. The normalized spacial score (nSPS) is 31.0. The Labute approximate surface area is 122 Å². The Morgan fingerprint density at radius 3 is 3.05 bits per heavy atom. The van der Waals surface area contributed by atoms with E-state index in [0.29, 0.717) is 6.10 Å². The molecule has 0 aromatic carbocycles. The first-order valence-corrected chi connectivity index (χ1v) is 7.89. The smallest absolute Gasteiger partial charge is 0.315 e. The van der Waals surface area contributed by atoms with Crippen LogP contribution < -0.4 is 10.6 Å². The minimum Gasteiger partial charge on any atom is -0.383 e. The van der Waals surface area contributed by atoms with Crippen molar-refractivity contribution in [3.05, 3.63) is 22.4 Å². The number of urea groups is 1. The fraction of sp³-hybridized carbons (Fsp3) is 0.643. The van der Waals surface area contributed by atoms with Gasteiger partial charge in [-0.15, -0.1) is 11.3 Å². The zero-order valence-corrected chi connectivity index (χ0v) is 12.3. The van der Waals surface area contributed by atoms with Gasteiger partial charge in [-0.05, 0) is 37.6 Å². The molecule has 2 aliphatic rings. The monoisotopic (exact) mass is 296 g/mol. The Balaban J connectivity index is 1.47. The summed E-state index contributed by atoms with van der Waals surface area (Å²) in [5.74, 6) is 0. The second kappa shape index (κ2) is 5.35. The van der Waals surface area contributed by atoms with Crippen molar-refractivity contribution in [3.8, 4) is 0 Å². The molecule has 1 aromatic heterocycles. The minimum absolute atomic E-state index is 0.112. The predicted octanol–water partition coefficient (Wildman–Crippen LogP) is 1.57. The second-order valence-corrected chi connectivity index (χ2v) is 6.74. The summed E-state index contributed by atoms with van der Waals surface area (Å²) in [7, 11) is 0. The van der Waals surface area contributed by atoms with E-state index < -0.39 is 5.60 Å². The van der Waals surface area contributed by atoms with Crippen molar-refractivity contribution >= 4 is 17.4 Å². The molecule has 2 amide bonds. The van der Waals surface area contributed by atoms with Crippen LogP contribution in [0, 0.1) is 0 Å². The lowest BCUT2D eigenvalue weighted by Crippen LogP contribution is -2.49. The fourth-order valence-corrected chi connectivity index (χ4v) is 3.72. The number of rotatable bonds is 4. The average molecular weight is 296 g/mol. The molecule has 4 unspecified atom stereocenters. The van der Waals surface area contributed by atoms with Crippen LogP contribution in [0.15, 0.2) is 17.5 Å². The molecule has 6 heteroatoms. The maximum absolute atomic E-state index is 11.9. The van der Waals surface area contributed by atoms with Crippen molar-refractivity contribution in [1.29, 1.82) is 0 Å². The van der Waals surface area contributed by atoms with Gasteiger partial charge in [0.2, 0.25) is 0 Å². The van der Waals surface area contributed by atoms with E-state index in [4.69, 9.17) is 4.74 Å². The van der Waals surface area contributed by atoms with Gasteiger partial charge in [-0.2, -0.15) is 0 Å². The molecule has 3 heterocycles. The summed E-state index contributed by atoms with van der Waals surface area (Å²) in [6.07, 6.45) is 3.53. The van der Waals surface area contributed by atoms with Crippen molar-refractivity contribution in [2.45, 2.75) is 50.0 Å². The molecule has 0 saturated carbocycles. The van der Waals surface area contributed by atoms with Crippen LogP contribution in [0.25, 0.3) is 0 Å². The highest BCUT2D eigenvalue weighted by atomic mass is 32.1. The number of hydrogen-bond donors (Lipinski definition) is 3. The summed E-state index contributed by atoms with van der Waals surface area (Å²) in [5.41, 5.74) is -1.03. The zero-order chi connectivity index (χ0) is 14.2. The topological polar surface area (TPSA) is 70.6 Å². The highest BCUT2D eigenvalue weighted by Crippen LogP contribution is 2.34. The minimum atomic E-state index is -1.03. The van der Waals surface area contributed by atoms with E-state index in [9.17, 15) is 9.90 Å². The van der Waals surface area contributed by atoms with E-state index in [1.807, 2.05) is 17.5 Å². The van der Waals surface area contributed by atoms with E-state index >= 15 is 0 Å². The van der Waals surface area contributed by atoms with Crippen LogP contribution >= 0.6 is 11.3 Å². The van der Waals surface area contributed by atoms with Crippen molar-refractivity contribution in [2.75, 3.05) is 6.54 Å². The molecular formula is C14H20N2O3S. The van der Waals surface area contributed by atoms with Crippen molar-refractivity contribution in [1.82, 2.24) is 10.6 Å². The molecule has 2 aliphatic heterocycles. The summed E-state index contributed by atoms with van der Waals surface area (Å²) < 4.78 is 5.70. The number of amides is 2. The van der Waals surface area contributed by atoms with Crippen LogP contribution in [0.4, 0.5) is 4.79 Å². The van der Waals surface area contributed by atoms with Gasteiger partial charge in [-0.1, -0.05) is 6.07 Å². The van der Waals surface area contributed by atoms with Crippen LogP contribution in [-0.2, 0) is 10.3 Å². The van der Waals surface area contributed by atoms with Crippen molar-refractivity contribution < 1.29 is 14.6 Å². The van der Waals surface area contributed by atoms with Gasteiger partial charge in [-0.25, -0.2) is 4.79 Å². The third-order valence-corrected chi connectivity index (χ3v) is 5.19. The van der Waals surface area contributed by atoms with E-state index in [1.165, 1.54) is 11.3 Å². The van der Waals surface area contributed by atoms with Gasteiger partial charge in [0, 0.05) is 4.88 Å². The van der Waals surface area contributed by atoms with Crippen molar-refractivity contribution in [3.63, 3.8) is 0 Å². The van der Waals surface area contributed by atoms with Gasteiger partial charge in [-0.3, -0.25) is 0 Å². The van der Waals surface area contributed by atoms with Gasteiger partial charge in [0.1, 0.15) is 5.60 Å². The van der Waals surface area contributed by atoms with E-state index in [-0.39, 0.29) is 24.7 Å². The third-order valence-electron chi connectivity index (χ3n) is 4.07. The Morgan fingerprint density at radius 1 is 1.60 bits per heavy atom. The van der Waals surface area contributed by atoms with Crippen LogP contribution in [0.3, 0.4) is 0 Å². The summed E-state index contributed by atoms with van der Waals surface area (Å²) in [6, 6.07) is 3.64. The number of carbonyl (C=O) groups excluding carboxylic acids is 1. The van der Waals surface area contributed by atoms with Gasteiger partial charge >= 0.3 is 6.03 Å². The molecular weight excluding hydrogens is 276 g/mol. The maximum Gasteiger partial charge on any atom is 0.315 e. The number of hydrogen-bond acceptors (Lipinski definition) is 4. The summed E-state index contributed by atoms with van der Waals surface area (Å²) in [5, 5.41) is 17.9. The molecule has 1 aromatic rings. The first-order chi connectivity index (χ1) is 9.54. The van der Waals surface area contributed by atoms with Crippen LogP contribution in [0.2, 0.25) is 0 Å². The lowest BCUT2D eigenvalue weighted by Gasteiger charge is -2.24. The zero-order valence-electron chi connectivity index (χ0n) is 11.5. The number of thiophene rings is 1. The molecule has 0 spiro atoms. The molecule has 0 aliphatic carbocycles. The molecule has 2 fully saturated rings. The highest BCUT2D eigenvalue weighted by molar-refractivity contribution is 7.10. The number of ether oxygens (including phenoxy) is 1. The molecule has 20 heavy (non-hydrogen) atoms. The van der Waals surface area contributed by atoms with Gasteiger partial charge in [0.15, 0.2) is 0 Å². The van der Waals surface area contributed by atoms with Crippen LogP contribution in [0.5, 0.6) is 0 Å². The van der Waals surface area contributed by atoms with E-state index in [1.54, 1.807) is 6.92 Å². The second-order valence-electron chi connectivity index (χ2n) is 5.79. The average Bonchev–Trinajstić information content (AvgIpc) is 3.13. The van der Waals surface area contributed by atoms with E-state index in [2.05, 4.69) is 10.6 Å². The number of nitrogens with one attached hydrogen (secondary N) is 2. The maximum atomic E-state index is 11.9. The summed E-state index contributed by atoms with van der Waals surface area (Å²) in [4.78, 5) is 12.8. The molecule has 3 rings (SSSR count). The van der Waals surface area contributed by atoms with E-state index in [0.717, 1.165) is 24.1 Å². The largest absolute Gasteiger partial charge is 0.383 e. The lowest BCUT2D eigenvalue weighted by molar-refractivity contribution is 0.0627. The number of carbonyl (C=O) groups is 1. The lowest BCUT2D eigenvalue weighted by atomic mass is 9.96. The Morgan fingerprint density at radius 2 is 2.45 bits per heavy atom. The Kier molecular flexibility index (Phi) is 3.70. The fourth-order valence-electron chi connectivity index (χ4n) is 2.93. The van der Waals surface area contributed by atoms with Crippen molar-refractivity contribution in [2.24, 2.45) is 0 Å². The van der Waals surface area contributed by atoms with Gasteiger partial charge in [0.05, 0.1) is 24.8 Å². The third kappa shape index (κ3) is 2.82. The quantitative estimate of drug-likeness (QED) is 0.790. The molecule has 3 N–H and O–H groups in total. The number of aliphatic hydroxyl groups is 1. The van der Waals surface area contributed by atoms with Gasteiger partial charge < -0.3 is 20.5 Å². The van der Waals surface area contributed by atoms with Gasteiger partial charge in [0.25, 0.3) is 0 Å².